The number of H-pyrrole nitrogens is 1. The van der Waals surface area contributed by atoms with Gasteiger partial charge >= 0.3 is 0 Å². The minimum Gasteiger partial charge on any atom is -0.263 e. The van der Waals surface area contributed by atoms with Crippen LogP contribution in [-0.2, 0) is 6.42 Å². The van der Waals surface area contributed by atoms with Gasteiger partial charge in [0, 0.05) is 6.20 Å². The van der Waals surface area contributed by atoms with Crippen molar-refractivity contribution in [3.05, 3.63) is 54.0 Å². The molecule has 0 aliphatic rings. The van der Waals surface area contributed by atoms with Gasteiger partial charge in [-0.05, 0) is 48.6 Å². The van der Waals surface area contributed by atoms with Crippen molar-refractivity contribution >= 4 is 0 Å². The molecule has 0 atom stereocenters. The Labute approximate surface area is 137 Å². The topological polar surface area (TPSA) is 54.5 Å². The van der Waals surface area contributed by atoms with Crippen molar-refractivity contribution in [2.24, 2.45) is 0 Å². The molecular weight excluding hydrogens is 284 g/mol. The Morgan fingerprint density at radius 2 is 1.83 bits per heavy atom. The zero-order chi connectivity index (χ0) is 16.1. The maximum absolute atomic E-state index is 4.37. The molecule has 1 aromatic carbocycles. The number of hydrogen-bond acceptors (Lipinski definition) is 3. The maximum Gasteiger partial charge on any atom is 0.199 e. The van der Waals surface area contributed by atoms with E-state index < -0.39 is 0 Å². The van der Waals surface area contributed by atoms with Gasteiger partial charge in [0.05, 0.1) is 0 Å². The molecule has 0 saturated heterocycles. The average molecular weight is 306 g/mol. The minimum atomic E-state index is 0.639. The van der Waals surface area contributed by atoms with Gasteiger partial charge in [-0.1, -0.05) is 44.0 Å². The van der Waals surface area contributed by atoms with Crippen molar-refractivity contribution in [1.29, 1.82) is 0 Å². The number of rotatable bonds is 6. The van der Waals surface area contributed by atoms with Gasteiger partial charge in [0.25, 0.3) is 0 Å². The van der Waals surface area contributed by atoms with E-state index in [0.717, 1.165) is 23.5 Å². The van der Waals surface area contributed by atoms with Crippen molar-refractivity contribution in [3.8, 4) is 22.6 Å². The van der Waals surface area contributed by atoms with Crippen molar-refractivity contribution < 1.29 is 0 Å². The average Bonchev–Trinajstić information content (AvgIpc) is 3.02. The Morgan fingerprint density at radius 1 is 1.00 bits per heavy atom. The molecule has 1 N–H and O–H groups in total. The largest absolute Gasteiger partial charge is 0.263 e. The van der Waals surface area contributed by atoms with E-state index in [9.17, 15) is 0 Å². The SMILES string of the molecule is CCCCCc1ccc(-c2ccnc(-c3n[nH]c(C)n3)c2)cc1. The van der Waals surface area contributed by atoms with E-state index in [1.165, 1.54) is 30.4 Å². The lowest BCUT2D eigenvalue weighted by Crippen LogP contribution is -1.89. The third kappa shape index (κ3) is 3.83. The van der Waals surface area contributed by atoms with Crippen molar-refractivity contribution in [2.75, 3.05) is 0 Å². The summed E-state index contributed by atoms with van der Waals surface area (Å²) in [5.41, 5.74) is 4.53. The normalized spacial score (nSPS) is 10.9. The highest BCUT2D eigenvalue weighted by molar-refractivity contribution is 5.68. The molecule has 2 aromatic heterocycles. The van der Waals surface area contributed by atoms with E-state index in [2.05, 4.69) is 51.4 Å². The van der Waals surface area contributed by atoms with Crippen LogP contribution < -0.4 is 0 Å². The third-order valence-electron chi connectivity index (χ3n) is 3.94. The fourth-order valence-corrected chi connectivity index (χ4v) is 2.63. The summed E-state index contributed by atoms with van der Waals surface area (Å²) in [5.74, 6) is 1.43. The van der Waals surface area contributed by atoms with Crippen molar-refractivity contribution in [3.63, 3.8) is 0 Å². The van der Waals surface area contributed by atoms with Crippen LogP contribution in [0.3, 0.4) is 0 Å². The van der Waals surface area contributed by atoms with Gasteiger partial charge in [-0.2, -0.15) is 5.10 Å². The lowest BCUT2D eigenvalue weighted by atomic mass is 10.0. The highest BCUT2D eigenvalue weighted by Gasteiger charge is 2.07. The number of aromatic nitrogens is 4. The maximum atomic E-state index is 4.37. The standard InChI is InChI=1S/C19H22N4/c1-3-4-5-6-15-7-9-16(10-8-15)17-11-12-20-18(13-17)19-21-14(2)22-23-19/h7-13H,3-6H2,1-2H3,(H,21,22,23). The van der Waals surface area contributed by atoms with Crippen molar-refractivity contribution in [1.82, 2.24) is 20.2 Å². The van der Waals surface area contributed by atoms with Crippen LogP contribution in [0, 0.1) is 6.92 Å². The molecule has 0 aliphatic heterocycles. The molecule has 0 radical (unpaired) electrons. The number of nitrogens with zero attached hydrogens (tertiary/aromatic N) is 3. The molecule has 0 amide bonds. The molecular formula is C19H22N4. The van der Waals surface area contributed by atoms with Crippen molar-refractivity contribution in [2.45, 2.75) is 39.5 Å². The quantitative estimate of drug-likeness (QED) is 0.678. The van der Waals surface area contributed by atoms with Gasteiger partial charge in [0.2, 0.25) is 0 Å². The molecule has 0 bridgehead atoms. The molecule has 3 aromatic rings. The van der Waals surface area contributed by atoms with E-state index in [1.807, 2.05) is 25.3 Å². The summed E-state index contributed by atoms with van der Waals surface area (Å²) in [4.78, 5) is 8.71. The lowest BCUT2D eigenvalue weighted by molar-refractivity contribution is 0.717. The Kier molecular flexibility index (Phi) is 4.81. The summed E-state index contributed by atoms with van der Waals surface area (Å²) in [6.45, 7) is 4.12. The first kappa shape index (κ1) is 15.4. The Hall–Kier alpha value is -2.49. The fraction of sp³-hybridized carbons (Fsp3) is 0.316. The number of pyridine rings is 1. The summed E-state index contributed by atoms with van der Waals surface area (Å²) >= 11 is 0. The predicted octanol–water partition coefficient (Wildman–Crippen LogP) is 4.57. The Morgan fingerprint density at radius 3 is 2.52 bits per heavy atom. The van der Waals surface area contributed by atoms with Gasteiger partial charge in [-0.3, -0.25) is 10.1 Å². The summed E-state index contributed by atoms with van der Waals surface area (Å²) < 4.78 is 0. The van der Waals surface area contributed by atoms with E-state index in [4.69, 9.17) is 0 Å². The molecule has 3 rings (SSSR count). The van der Waals surface area contributed by atoms with E-state index in [-0.39, 0.29) is 0 Å². The number of nitrogens with one attached hydrogen (secondary N) is 1. The molecule has 23 heavy (non-hydrogen) atoms. The van der Waals surface area contributed by atoms with Gasteiger partial charge < -0.3 is 0 Å². The van der Waals surface area contributed by atoms with Gasteiger partial charge in [0.15, 0.2) is 5.82 Å². The first-order valence-corrected chi connectivity index (χ1v) is 8.21. The predicted molar refractivity (Wildman–Crippen MR) is 93.0 cm³/mol. The van der Waals surface area contributed by atoms with E-state index >= 15 is 0 Å². The van der Waals surface area contributed by atoms with Crippen LogP contribution in [0.1, 0.15) is 37.6 Å². The molecule has 4 heteroatoms. The summed E-state index contributed by atoms with van der Waals surface area (Å²) in [5, 5.41) is 7.04. The highest BCUT2D eigenvalue weighted by atomic mass is 15.2. The first-order valence-electron chi connectivity index (χ1n) is 8.21. The highest BCUT2D eigenvalue weighted by Crippen LogP contribution is 2.23. The Bertz CT molecular complexity index is 759. The van der Waals surface area contributed by atoms with E-state index in [0.29, 0.717) is 5.82 Å². The second kappa shape index (κ2) is 7.18. The number of aryl methyl sites for hydroxylation is 2. The third-order valence-corrected chi connectivity index (χ3v) is 3.94. The van der Waals surface area contributed by atoms with Crippen LogP contribution in [0.15, 0.2) is 42.6 Å². The molecule has 0 fully saturated rings. The van der Waals surface area contributed by atoms with Gasteiger partial charge in [0.1, 0.15) is 11.5 Å². The molecule has 0 spiro atoms. The van der Waals surface area contributed by atoms with Gasteiger partial charge in [-0.15, -0.1) is 0 Å². The number of aromatic amines is 1. The smallest absolute Gasteiger partial charge is 0.199 e. The van der Waals surface area contributed by atoms with Crippen LogP contribution in [0.2, 0.25) is 0 Å². The van der Waals surface area contributed by atoms with Gasteiger partial charge in [-0.25, -0.2) is 4.98 Å². The number of benzene rings is 1. The second-order valence-electron chi connectivity index (χ2n) is 5.83. The van der Waals surface area contributed by atoms with Crippen LogP contribution in [-0.4, -0.2) is 20.2 Å². The summed E-state index contributed by atoms with van der Waals surface area (Å²) in [6, 6.07) is 12.9. The zero-order valence-corrected chi connectivity index (χ0v) is 13.7. The minimum absolute atomic E-state index is 0.639. The molecule has 0 saturated carbocycles. The fourth-order valence-electron chi connectivity index (χ4n) is 2.63. The van der Waals surface area contributed by atoms with Crippen LogP contribution in [0.5, 0.6) is 0 Å². The molecule has 2 heterocycles. The van der Waals surface area contributed by atoms with Crippen LogP contribution in [0.4, 0.5) is 0 Å². The molecule has 0 aliphatic carbocycles. The zero-order valence-electron chi connectivity index (χ0n) is 13.7. The molecule has 118 valence electrons. The summed E-state index contributed by atoms with van der Waals surface area (Å²) in [7, 11) is 0. The monoisotopic (exact) mass is 306 g/mol. The second-order valence-corrected chi connectivity index (χ2v) is 5.83. The number of hydrogen-bond donors (Lipinski definition) is 1. The van der Waals surface area contributed by atoms with Crippen LogP contribution in [0.25, 0.3) is 22.6 Å². The molecule has 0 unspecified atom stereocenters. The summed E-state index contributed by atoms with van der Waals surface area (Å²) in [6.07, 6.45) is 6.79. The molecule has 4 nitrogen and oxygen atoms in total. The van der Waals surface area contributed by atoms with Crippen LogP contribution >= 0.6 is 0 Å². The lowest BCUT2D eigenvalue weighted by Gasteiger charge is -2.05. The first-order chi connectivity index (χ1) is 11.3. The Balaban J connectivity index is 1.79. The van der Waals surface area contributed by atoms with E-state index in [1.54, 1.807) is 0 Å². The number of unbranched alkanes of at least 4 members (excludes halogenated alkanes) is 2.